The average Bonchev–Trinajstić information content (AvgIpc) is 3.23. The molecular weight excluding hydrogens is 647 g/mol. The fraction of sp³-hybridized carbons (Fsp3) is 0. The zero-order valence-electron chi connectivity index (χ0n) is 28.3. The zero-order chi connectivity index (χ0) is 35.0. The number of ether oxygens (including phenoxy) is 1. The van der Waals surface area contributed by atoms with Crippen molar-refractivity contribution in [3.8, 4) is 73.5 Å². The first-order valence-electron chi connectivity index (χ1n) is 17.7. The minimum absolute atomic E-state index is 0.586. The van der Waals surface area contributed by atoms with Gasteiger partial charge in [0, 0.05) is 34.5 Å². The molecule has 1 aliphatic heterocycles. The molecule has 0 saturated carbocycles. The van der Waals surface area contributed by atoms with Gasteiger partial charge >= 0.3 is 0 Å². The fourth-order valence-corrected chi connectivity index (χ4v) is 8.37. The van der Waals surface area contributed by atoms with Gasteiger partial charge in [0.05, 0.1) is 23.0 Å². The van der Waals surface area contributed by atoms with Gasteiger partial charge in [0.25, 0.3) is 0 Å². The summed E-state index contributed by atoms with van der Waals surface area (Å²) >= 11 is 0. The van der Waals surface area contributed by atoms with E-state index < -0.39 is 0 Å². The van der Waals surface area contributed by atoms with Crippen molar-refractivity contribution in [2.45, 2.75) is 0 Å². The van der Waals surface area contributed by atoms with E-state index >= 15 is 0 Å². The van der Waals surface area contributed by atoms with Crippen LogP contribution in [-0.4, -0.2) is 9.97 Å². The van der Waals surface area contributed by atoms with Gasteiger partial charge in [-0.25, -0.2) is 0 Å². The normalized spacial score (nSPS) is 11.9. The summed E-state index contributed by atoms with van der Waals surface area (Å²) in [6.45, 7) is 0. The Kier molecular flexibility index (Phi) is 6.28. The second-order valence-corrected chi connectivity index (χ2v) is 13.6. The van der Waals surface area contributed by atoms with Crippen LogP contribution in [0.3, 0.4) is 0 Å². The van der Waals surface area contributed by atoms with Gasteiger partial charge in [-0.15, -0.1) is 0 Å². The standard InChI is InChI=1S/C49H27N3O/c50-28-29-10-15-38-42-21-20-37(39-6-5-9-45(49(39)42)53-46(38)24-29)36-17-12-31-13-18-40-35(16-11-30-14-19-41(36)48(31)47(30)40)32-25-33(43-7-1-3-22-51-43)27-34(26-32)44-8-2-4-23-52-44/h1-27H. The van der Waals surface area contributed by atoms with Crippen molar-refractivity contribution in [2.24, 2.45) is 0 Å². The van der Waals surface area contributed by atoms with Crippen LogP contribution in [0.1, 0.15) is 5.56 Å². The highest BCUT2D eigenvalue weighted by molar-refractivity contribution is 6.28. The summed E-state index contributed by atoms with van der Waals surface area (Å²) in [6, 6.07) is 55.5. The van der Waals surface area contributed by atoms with E-state index in [1.54, 1.807) is 0 Å². The summed E-state index contributed by atoms with van der Waals surface area (Å²) in [5, 5.41) is 19.1. The van der Waals surface area contributed by atoms with Gasteiger partial charge in [-0.1, -0.05) is 84.9 Å². The summed E-state index contributed by atoms with van der Waals surface area (Å²) in [4.78, 5) is 9.41. The quantitative estimate of drug-likeness (QED) is 0.174. The third-order valence-electron chi connectivity index (χ3n) is 10.7. The maximum Gasteiger partial charge on any atom is 0.136 e. The molecule has 4 heteroatoms. The number of pyridine rings is 2. The van der Waals surface area contributed by atoms with E-state index in [4.69, 9.17) is 14.7 Å². The number of benzene rings is 8. The molecule has 0 atom stereocenters. The third kappa shape index (κ3) is 4.48. The molecule has 0 amide bonds. The van der Waals surface area contributed by atoms with Crippen LogP contribution in [0.25, 0.3) is 99.0 Å². The lowest BCUT2D eigenvalue weighted by Crippen LogP contribution is -1.98. The molecule has 0 bridgehead atoms. The molecule has 0 fully saturated rings. The molecule has 0 aliphatic carbocycles. The maximum atomic E-state index is 9.51. The SMILES string of the molecule is N#Cc1ccc2c(c1)Oc1cccc3c(-c4ccc5ccc6c(-c7cc(-c8ccccn8)cc(-c8ccccn8)c7)ccc7ccc4c5c76)ccc-2c13. The van der Waals surface area contributed by atoms with Gasteiger partial charge < -0.3 is 4.74 Å². The molecule has 1 aliphatic rings. The monoisotopic (exact) mass is 673 g/mol. The van der Waals surface area contributed by atoms with Crippen LogP contribution in [0.15, 0.2) is 164 Å². The molecule has 4 nitrogen and oxygen atoms in total. The van der Waals surface area contributed by atoms with Crippen LogP contribution in [0, 0.1) is 11.3 Å². The van der Waals surface area contributed by atoms with E-state index in [1.165, 1.54) is 43.4 Å². The second kappa shape index (κ2) is 11.3. The summed E-state index contributed by atoms with van der Waals surface area (Å²) in [7, 11) is 0. The van der Waals surface area contributed by atoms with E-state index in [-0.39, 0.29) is 0 Å². The second-order valence-electron chi connectivity index (χ2n) is 13.6. The first kappa shape index (κ1) is 29.4. The first-order chi connectivity index (χ1) is 26.2. The molecule has 3 heterocycles. The summed E-state index contributed by atoms with van der Waals surface area (Å²) < 4.78 is 6.43. The minimum Gasteiger partial charge on any atom is -0.456 e. The highest BCUT2D eigenvalue weighted by Gasteiger charge is 2.23. The molecule has 0 saturated heterocycles. The van der Waals surface area contributed by atoms with E-state index in [2.05, 4.69) is 109 Å². The Morgan fingerprint density at radius 3 is 1.64 bits per heavy atom. The van der Waals surface area contributed by atoms with E-state index in [0.717, 1.165) is 61.3 Å². The number of rotatable bonds is 4. The van der Waals surface area contributed by atoms with Crippen LogP contribution in [0.4, 0.5) is 0 Å². The Balaban J connectivity index is 1.13. The molecule has 0 unspecified atom stereocenters. The Labute approximate surface area is 305 Å². The Bertz CT molecular complexity index is 3090. The molecule has 53 heavy (non-hydrogen) atoms. The highest BCUT2D eigenvalue weighted by atomic mass is 16.5. The van der Waals surface area contributed by atoms with Crippen LogP contribution in [-0.2, 0) is 0 Å². The van der Waals surface area contributed by atoms with E-state index in [1.807, 2.05) is 60.9 Å². The van der Waals surface area contributed by atoms with Gasteiger partial charge in [-0.05, 0) is 132 Å². The van der Waals surface area contributed by atoms with Crippen molar-refractivity contribution in [3.05, 3.63) is 170 Å². The predicted molar refractivity (Wildman–Crippen MR) is 215 cm³/mol. The molecule has 0 N–H and O–H groups in total. The smallest absolute Gasteiger partial charge is 0.136 e. The van der Waals surface area contributed by atoms with Crippen LogP contribution < -0.4 is 4.74 Å². The van der Waals surface area contributed by atoms with Crippen LogP contribution >= 0.6 is 0 Å². The fourth-order valence-electron chi connectivity index (χ4n) is 8.37. The van der Waals surface area contributed by atoms with Gasteiger partial charge in [0.1, 0.15) is 11.5 Å². The number of fused-ring (bicyclic) bond motifs is 2. The number of hydrogen-bond acceptors (Lipinski definition) is 4. The van der Waals surface area contributed by atoms with Gasteiger partial charge in [0.15, 0.2) is 0 Å². The van der Waals surface area contributed by atoms with Crippen LogP contribution in [0.5, 0.6) is 11.5 Å². The lowest BCUT2D eigenvalue weighted by Gasteiger charge is -2.23. The molecule has 10 aromatic rings. The average molecular weight is 674 g/mol. The third-order valence-corrected chi connectivity index (χ3v) is 10.7. The summed E-state index contributed by atoms with van der Waals surface area (Å²) in [5.41, 5.74) is 11.3. The number of nitrogens with zero attached hydrogens (tertiary/aromatic N) is 3. The van der Waals surface area contributed by atoms with Gasteiger partial charge in [-0.3, -0.25) is 9.97 Å². The van der Waals surface area contributed by atoms with Crippen molar-refractivity contribution < 1.29 is 4.74 Å². The van der Waals surface area contributed by atoms with Crippen LogP contribution in [0.2, 0.25) is 0 Å². The zero-order valence-corrected chi connectivity index (χ0v) is 28.3. The predicted octanol–water partition coefficient (Wildman–Crippen LogP) is 12.8. The highest BCUT2D eigenvalue weighted by Crippen LogP contribution is 2.50. The van der Waals surface area contributed by atoms with Gasteiger partial charge in [-0.2, -0.15) is 5.26 Å². The van der Waals surface area contributed by atoms with Crippen molar-refractivity contribution >= 4 is 43.1 Å². The maximum absolute atomic E-state index is 9.51. The van der Waals surface area contributed by atoms with Gasteiger partial charge in [0.2, 0.25) is 0 Å². The minimum atomic E-state index is 0.586. The largest absolute Gasteiger partial charge is 0.456 e. The number of nitriles is 1. The molecule has 0 spiro atoms. The molecule has 8 aromatic carbocycles. The summed E-state index contributed by atoms with van der Waals surface area (Å²) in [5.74, 6) is 1.52. The molecule has 244 valence electrons. The summed E-state index contributed by atoms with van der Waals surface area (Å²) in [6.07, 6.45) is 3.69. The Morgan fingerprint density at radius 2 is 0.981 bits per heavy atom. The Hall–Kier alpha value is -7.35. The van der Waals surface area contributed by atoms with Crippen molar-refractivity contribution in [3.63, 3.8) is 0 Å². The van der Waals surface area contributed by atoms with Crippen molar-refractivity contribution in [1.29, 1.82) is 5.26 Å². The molecule has 2 aromatic heterocycles. The Morgan fingerprint density at radius 1 is 0.415 bits per heavy atom. The van der Waals surface area contributed by atoms with Crippen molar-refractivity contribution in [2.75, 3.05) is 0 Å². The van der Waals surface area contributed by atoms with E-state index in [9.17, 15) is 5.26 Å². The molecular formula is C49H27N3O. The number of aromatic nitrogens is 2. The number of hydrogen-bond donors (Lipinski definition) is 0. The first-order valence-corrected chi connectivity index (χ1v) is 17.7. The lowest BCUT2D eigenvalue weighted by atomic mass is 9.84. The molecule has 0 radical (unpaired) electrons. The van der Waals surface area contributed by atoms with Crippen molar-refractivity contribution in [1.82, 2.24) is 9.97 Å². The van der Waals surface area contributed by atoms with E-state index in [0.29, 0.717) is 11.3 Å². The lowest BCUT2D eigenvalue weighted by molar-refractivity contribution is 0.487. The molecule has 11 rings (SSSR count). The topological polar surface area (TPSA) is 58.8 Å².